The molecule has 0 aliphatic heterocycles. The Morgan fingerprint density at radius 3 is 1.58 bits per heavy atom. The minimum Gasteiger partial charge on any atom is -0.478 e. The van der Waals surface area contributed by atoms with Gasteiger partial charge in [0.25, 0.3) is 0 Å². The first kappa shape index (κ1) is 17.7. The van der Waals surface area contributed by atoms with Crippen molar-refractivity contribution in [3.63, 3.8) is 0 Å². The molecule has 24 heavy (non-hydrogen) atoms. The summed E-state index contributed by atoms with van der Waals surface area (Å²) in [4.78, 5) is 10.3. The summed E-state index contributed by atoms with van der Waals surface area (Å²) in [6.07, 6.45) is 0. The van der Waals surface area contributed by atoms with Gasteiger partial charge in [-0.3, -0.25) is 0 Å². The van der Waals surface area contributed by atoms with E-state index in [4.69, 9.17) is 22.4 Å². The normalized spacial score (nSPS) is 9.96. The van der Waals surface area contributed by atoms with Crippen molar-refractivity contribution in [3.8, 4) is 0 Å². The molecule has 0 radical (unpaired) electrons. The smallest absolute Gasteiger partial charge is 0.337 e. The first-order valence-corrected chi connectivity index (χ1v) is 7.80. The van der Waals surface area contributed by atoms with Gasteiger partial charge in [-0.05, 0) is 23.3 Å². The van der Waals surface area contributed by atoms with Crippen molar-refractivity contribution < 1.29 is 9.90 Å². The van der Waals surface area contributed by atoms with Crippen molar-refractivity contribution in [1.82, 2.24) is 0 Å². The van der Waals surface area contributed by atoms with E-state index < -0.39 is 5.97 Å². The molecule has 3 aromatic carbocycles. The molecule has 0 aliphatic carbocycles. The van der Waals surface area contributed by atoms with E-state index in [1.165, 1.54) is 6.07 Å². The molecule has 3 nitrogen and oxygen atoms in total. The maximum Gasteiger partial charge on any atom is 0.337 e. The molecule has 3 rings (SSSR count). The van der Waals surface area contributed by atoms with Crippen molar-refractivity contribution in [2.75, 3.05) is 0 Å². The summed E-state index contributed by atoms with van der Waals surface area (Å²) >= 11 is 5.54. The van der Waals surface area contributed by atoms with Gasteiger partial charge in [-0.25, -0.2) is 4.79 Å². The summed E-state index contributed by atoms with van der Waals surface area (Å²) in [5.41, 5.74) is 8.56. The standard InChI is InChI=1S/C13H13N.C7H5ClO2/c14-13(11-7-3-1-4-8-11)12-9-5-2-6-10-12;8-6-4-2-1-3-5(6)7(9)10/h1-10,13H,14H2;1-4H,(H,9,10). The predicted octanol–water partition coefficient (Wildman–Crippen LogP) is 4.77. The Labute approximate surface area is 146 Å². The molecule has 0 unspecified atom stereocenters. The van der Waals surface area contributed by atoms with Gasteiger partial charge in [-0.1, -0.05) is 84.4 Å². The summed E-state index contributed by atoms with van der Waals surface area (Å²) in [6.45, 7) is 0. The van der Waals surface area contributed by atoms with Gasteiger partial charge in [0, 0.05) is 0 Å². The number of hydrogen-bond donors (Lipinski definition) is 2. The lowest BCUT2D eigenvalue weighted by molar-refractivity contribution is 0.0697. The van der Waals surface area contributed by atoms with Gasteiger partial charge in [0.1, 0.15) is 0 Å². The molecular formula is C20H18ClNO2. The molecule has 0 amide bonds. The Kier molecular flexibility index (Phi) is 6.55. The largest absolute Gasteiger partial charge is 0.478 e. The molecule has 3 aromatic rings. The van der Waals surface area contributed by atoms with Crippen molar-refractivity contribution in [3.05, 3.63) is 107 Å². The van der Waals surface area contributed by atoms with Crippen LogP contribution in [-0.4, -0.2) is 11.1 Å². The van der Waals surface area contributed by atoms with E-state index in [9.17, 15) is 4.79 Å². The molecule has 0 aliphatic rings. The Hall–Kier alpha value is -2.62. The van der Waals surface area contributed by atoms with Crippen LogP contribution in [-0.2, 0) is 0 Å². The number of nitrogens with two attached hydrogens (primary N) is 1. The van der Waals surface area contributed by atoms with Crippen LogP contribution in [0.25, 0.3) is 0 Å². The topological polar surface area (TPSA) is 63.3 Å². The van der Waals surface area contributed by atoms with E-state index in [-0.39, 0.29) is 16.6 Å². The van der Waals surface area contributed by atoms with Gasteiger partial charge < -0.3 is 10.8 Å². The minimum atomic E-state index is -0.995. The highest BCUT2D eigenvalue weighted by Crippen LogP contribution is 2.18. The highest BCUT2D eigenvalue weighted by atomic mass is 35.5. The molecule has 0 aromatic heterocycles. The summed E-state index contributed by atoms with van der Waals surface area (Å²) in [6, 6.07) is 26.6. The first-order valence-electron chi connectivity index (χ1n) is 7.43. The Bertz CT molecular complexity index is 736. The zero-order valence-corrected chi connectivity index (χ0v) is 13.7. The second-order valence-electron chi connectivity index (χ2n) is 5.08. The number of carboxylic acid groups (broad SMARTS) is 1. The molecule has 3 N–H and O–H groups in total. The third kappa shape index (κ3) is 4.95. The second kappa shape index (κ2) is 8.87. The second-order valence-corrected chi connectivity index (χ2v) is 5.49. The highest BCUT2D eigenvalue weighted by Gasteiger charge is 2.06. The van der Waals surface area contributed by atoms with Gasteiger partial charge in [-0.2, -0.15) is 0 Å². The number of rotatable bonds is 3. The lowest BCUT2D eigenvalue weighted by atomic mass is 10.00. The van der Waals surface area contributed by atoms with Crippen LogP contribution in [0, 0.1) is 0 Å². The Morgan fingerprint density at radius 1 is 0.792 bits per heavy atom. The molecule has 0 heterocycles. The summed E-state index contributed by atoms with van der Waals surface area (Å²) < 4.78 is 0. The van der Waals surface area contributed by atoms with Crippen LogP contribution in [0.3, 0.4) is 0 Å². The SMILES string of the molecule is NC(c1ccccc1)c1ccccc1.O=C(O)c1ccccc1Cl. The predicted molar refractivity (Wildman–Crippen MR) is 97.3 cm³/mol. The monoisotopic (exact) mass is 339 g/mol. The van der Waals surface area contributed by atoms with E-state index in [1.54, 1.807) is 18.2 Å². The number of hydrogen-bond acceptors (Lipinski definition) is 2. The minimum absolute atomic E-state index is 0.0163. The zero-order chi connectivity index (χ0) is 17.4. The summed E-state index contributed by atoms with van der Waals surface area (Å²) in [7, 11) is 0. The fraction of sp³-hybridized carbons (Fsp3) is 0.0500. The molecule has 0 saturated heterocycles. The van der Waals surface area contributed by atoms with Crippen LogP contribution in [0.2, 0.25) is 5.02 Å². The Balaban J connectivity index is 0.000000185. The summed E-state index contributed by atoms with van der Waals surface area (Å²) in [5.74, 6) is -0.995. The third-order valence-corrected chi connectivity index (χ3v) is 3.75. The van der Waals surface area contributed by atoms with Crippen LogP contribution in [0.4, 0.5) is 0 Å². The van der Waals surface area contributed by atoms with Gasteiger partial charge >= 0.3 is 5.97 Å². The van der Waals surface area contributed by atoms with Gasteiger partial charge in [0.2, 0.25) is 0 Å². The fourth-order valence-electron chi connectivity index (χ4n) is 2.15. The molecule has 0 spiro atoms. The highest BCUT2D eigenvalue weighted by molar-refractivity contribution is 6.33. The van der Waals surface area contributed by atoms with Gasteiger partial charge in [-0.15, -0.1) is 0 Å². The fourth-order valence-corrected chi connectivity index (χ4v) is 2.36. The van der Waals surface area contributed by atoms with E-state index in [1.807, 2.05) is 36.4 Å². The number of carbonyl (C=O) groups is 1. The summed E-state index contributed by atoms with van der Waals surface area (Å²) in [5, 5.41) is 8.75. The maximum absolute atomic E-state index is 10.3. The average molecular weight is 340 g/mol. The molecule has 122 valence electrons. The van der Waals surface area contributed by atoms with Gasteiger partial charge in [0.15, 0.2) is 0 Å². The maximum atomic E-state index is 10.3. The lowest BCUT2D eigenvalue weighted by Crippen LogP contribution is -2.11. The third-order valence-electron chi connectivity index (χ3n) is 3.42. The first-order chi connectivity index (χ1) is 11.6. The molecule has 0 bridgehead atoms. The van der Waals surface area contributed by atoms with E-state index >= 15 is 0 Å². The molecule has 4 heteroatoms. The quantitative estimate of drug-likeness (QED) is 0.722. The average Bonchev–Trinajstić information content (AvgIpc) is 2.63. The molecular weight excluding hydrogens is 322 g/mol. The number of carboxylic acids is 1. The van der Waals surface area contributed by atoms with Gasteiger partial charge in [0.05, 0.1) is 16.6 Å². The zero-order valence-electron chi connectivity index (χ0n) is 13.0. The van der Waals surface area contributed by atoms with E-state index in [0.29, 0.717) is 0 Å². The number of aromatic carboxylic acids is 1. The van der Waals surface area contributed by atoms with Crippen LogP contribution >= 0.6 is 11.6 Å². The molecule has 0 atom stereocenters. The van der Waals surface area contributed by atoms with E-state index in [2.05, 4.69) is 24.3 Å². The van der Waals surface area contributed by atoms with Crippen LogP contribution < -0.4 is 5.73 Å². The number of halogens is 1. The molecule has 0 fully saturated rings. The van der Waals surface area contributed by atoms with Crippen LogP contribution in [0.15, 0.2) is 84.9 Å². The van der Waals surface area contributed by atoms with Crippen molar-refractivity contribution in [2.24, 2.45) is 5.73 Å². The van der Waals surface area contributed by atoms with Crippen LogP contribution in [0.5, 0.6) is 0 Å². The number of benzene rings is 3. The van der Waals surface area contributed by atoms with E-state index in [0.717, 1.165) is 11.1 Å². The lowest BCUT2D eigenvalue weighted by Gasteiger charge is -2.11. The molecule has 0 saturated carbocycles. The Morgan fingerprint density at radius 2 is 1.21 bits per heavy atom. The van der Waals surface area contributed by atoms with Crippen molar-refractivity contribution in [2.45, 2.75) is 6.04 Å². The van der Waals surface area contributed by atoms with Crippen LogP contribution in [0.1, 0.15) is 27.5 Å². The van der Waals surface area contributed by atoms with Crippen molar-refractivity contribution >= 4 is 17.6 Å². The van der Waals surface area contributed by atoms with Crippen molar-refractivity contribution in [1.29, 1.82) is 0 Å².